The van der Waals surface area contributed by atoms with Crippen LogP contribution in [0.25, 0.3) is 0 Å². The van der Waals surface area contributed by atoms with E-state index in [9.17, 15) is 22.8 Å². The summed E-state index contributed by atoms with van der Waals surface area (Å²) >= 11 is 0. The van der Waals surface area contributed by atoms with Gasteiger partial charge in [-0.05, 0) is 31.5 Å². The highest BCUT2D eigenvalue weighted by atomic mass is 19.4. The molecule has 8 heteroatoms. The molecule has 0 aliphatic heterocycles. The molecule has 3 aromatic rings. The predicted octanol–water partition coefficient (Wildman–Crippen LogP) is 4.61. The van der Waals surface area contributed by atoms with E-state index in [0.717, 1.165) is 23.8 Å². The van der Waals surface area contributed by atoms with Gasteiger partial charge in [-0.15, -0.1) is 0 Å². The highest BCUT2D eigenvalue weighted by Crippen LogP contribution is 2.29. The van der Waals surface area contributed by atoms with E-state index in [0.29, 0.717) is 17.9 Å². The van der Waals surface area contributed by atoms with Crippen molar-refractivity contribution in [2.24, 2.45) is 0 Å². The van der Waals surface area contributed by atoms with Crippen LogP contribution in [0.15, 0.2) is 54.6 Å². The molecule has 0 aliphatic rings. The lowest BCUT2D eigenvalue weighted by atomic mass is 10.1. The van der Waals surface area contributed by atoms with Crippen molar-refractivity contribution < 1.29 is 27.5 Å². The van der Waals surface area contributed by atoms with E-state index >= 15 is 0 Å². The van der Waals surface area contributed by atoms with E-state index in [2.05, 4.69) is 5.10 Å². The first-order valence-electron chi connectivity index (χ1n) is 9.12. The lowest BCUT2D eigenvalue weighted by Gasteiger charge is -2.09. The van der Waals surface area contributed by atoms with Crippen molar-refractivity contribution in [3.63, 3.8) is 0 Å². The van der Waals surface area contributed by atoms with Gasteiger partial charge in [0.1, 0.15) is 5.56 Å². The fraction of sp³-hybridized carbons (Fsp3) is 0.227. The first kappa shape index (κ1) is 21.3. The number of esters is 1. The van der Waals surface area contributed by atoms with Gasteiger partial charge >= 0.3 is 12.1 Å². The molecule has 0 radical (unpaired) electrons. The third-order valence-corrected chi connectivity index (χ3v) is 4.61. The van der Waals surface area contributed by atoms with Crippen LogP contribution >= 0.6 is 0 Å². The number of Topliss-reactive ketones (excluding diaryl/α,β-unsaturated/α-hetero) is 1. The normalized spacial score (nSPS) is 11.4. The first-order chi connectivity index (χ1) is 14.2. The second kappa shape index (κ2) is 8.52. The SMILES string of the molecule is Cc1nn(Cc2ccccc2)c(C)c1C(=O)OCC(=O)c1cccc(C(F)(F)F)c1. The van der Waals surface area contributed by atoms with Gasteiger partial charge in [0.05, 0.1) is 23.5 Å². The number of carbonyl (C=O) groups is 2. The molecule has 0 amide bonds. The zero-order chi connectivity index (χ0) is 21.9. The Morgan fingerprint density at radius 2 is 1.73 bits per heavy atom. The molecule has 0 N–H and O–H groups in total. The van der Waals surface area contributed by atoms with Gasteiger partial charge in [0.15, 0.2) is 12.4 Å². The van der Waals surface area contributed by atoms with Crippen LogP contribution < -0.4 is 0 Å². The number of hydrogen-bond acceptors (Lipinski definition) is 4. The monoisotopic (exact) mass is 416 g/mol. The number of halogens is 3. The fourth-order valence-electron chi connectivity index (χ4n) is 3.06. The van der Waals surface area contributed by atoms with Crippen molar-refractivity contribution >= 4 is 11.8 Å². The molecule has 2 aromatic carbocycles. The van der Waals surface area contributed by atoms with Gasteiger partial charge in [-0.3, -0.25) is 9.48 Å². The minimum absolute atomic E-state index is 0.175. The van der Waals surface area contributed by atoms with Crippen LogP contribution in [0.2, 0.25) is 0 Å². The van der Waals surface area contributed by atoms with Crippen molar-refractivity contribution in [1.82, 2.24) is 9.78 Å². The maximum atomic E-state index is 12.8. The van der Waals surface area contributed by atoms with Crippen LogP contribution in [0.5, 0.6) is 0 Å². The van der Waals surface area contributed by atoms with E-state index < -0.39 is 30.1 Å². The van der Waals surface area contributed by atoms with E-state index in [4.69, 9.17) is 4.74 Å². The number of benzene rings is 2. The minimum Gasteiger partial charge on any atom is -0.454 e. The molecule has 3 rings (SSSR count). The number of hydrogen-bond donors (Lipinski definition) is 0. The zero-order valence-corrected chi connectivity index (χ0v) is 16.4. The summed E-state index contributed by atoms with van der Waals surface area (Å²) in [5.74, 6) is -1.47. The van der Waals surface area contributed by atoms with E-state index in [1.807, 2.05) is 30.3 Å². The van der Waals surface area contributed by atoms with Crippen molar-refractivity contribution in [2.45, 2.75) is 26.6 Å². The Bertz CT molecular complexity index is 1070. The summed E-state index contributed by atoms with van der Waals surface area (Å²) in [5, 5.41) is 4.36. The average molecular weight is 416 g/mol. The van der Waals surface area contributed by atoms with Crippen molar-refractivity contribution in [1.29, 1.82) is 0 Å². The first-order valence-corrected chi connectivity index (χ1v) is 9.12. The third-order valence-electron chi connectivity index (χ3n) is 4.61. The number of ether oxygens (including phenoxy) is 1. The van der Waals surface area contributed by atoms with Gasteiger partial charge < -0.3 is 4.74 Å². The summed E-state index contributed by atoms with van der Waals surface area (Å²) < 4.78 is 45.2. The standard InChI is InChI=1S/C22H19F3N2O3/c1-14-20(15(2)27(26-14)12-16-7-4-3-5-8-16)21(29)30-13-19(28)17-9-6-10-18(11-17)22(23,24)25/h3-11H,12-13H2,1-2H3. The molecule has 0 saturated heterocycles. The summed E-state index contributed by atoms with van der Waals surface area (Å²) in [5.41, 5.74) is 1.15. The van der Waals surface area contributed by atoms with Crippen LogP contribution in [0.4, 0.5) is 13.2 Å². The van der Waals surface area contributed by atoms with Gasteiger partial charge in [-0.25, -0.2) is 4.79 Å². The number of nitrogens with zero attached hydrogens (tertiary/aromatic N) is 2. The van der Waals surface area contributed by atoms with Crippen molar-refractivity contribution in [3.8, 4) is 0 Å². The van der Waals surface area contributed by atoms with E-state index in [-0.39, 0.29) is 11.1 Å². The summed E-state index contributed by atoms with van der Waals surface area (Å²) in [7, 11) is 0. The van der Waals surface area contributed by atoms with Crippen LogP contribution in [0.1, 0.15) is 43.2 Å². The lowest BCUT2D eigenvalue weighted by molar-refractivity contribution is -0.137. The zero-order valence-electron chi connectivity index (χ0n) is 16.4. The Hall–Kier alpha value is -3.42. The molecule has 1 heterocycles. The smallest absolute Gasteiger partial charge is 0.416 e. The topological polar surface area (TPSA) is 61.2 Å². The van der Waals surface area contributed by atoms with E-state index in [1.54, 1.807) is 18.5 Å². The predicted molar refractivity (Wildman–Crippen MR) is 103 cm³/mol. The molecule has 0 bridgehead atoms. The van der Waals surface area contributed by atoms with Crippen LogP contribution in [-0.4, -0.2) is 28.1 Å². The van der Waals surface area contributed by atoms with Gasteiger partial charge in [0.2, 0.25) is 0 Å². The quantitative estimate of drug-likeness (QED) is 0.435. The second-order valence-electron chi connectivity index (χ2n) is 6.77. The molecule has 0 spiro atoms. The third kappa shape index (κ3) is 4.76. The van der Waals surface area contributed by atoms with Gasteiger partial charge in [-0.2, -0.15) is 18.3 Å². The molecule has 5 nitrogen and oxygen atoms in total. The highest BCUT2D eigenvalue weighted by Gasteiger charge is 2.31. The number of ketones is 1. The summed E-state index contributed by atoms with van der Waals surface area (Å²) in [6.07, 6.45) is -4.56. The molecule has 0 fully saturated rings. The minimum atomic E-state index is -4.56. The number of carbonyl (C=O) groups excluding carboxylic acids is 2. The molecular weight excluding hydrogens is 397 g/mol. The Morgan fingerprint density at radius 3 is 2.40 bits per heavy atom. The number of aromatic nitrogens is 2. The van der Waals surface area contributed by atoms with Crippen LogP contribution in [-0.2, 0) is 17.5 Å². The summed E-state index contributed by atoms with van der Waals surface area (Å²) in [6.45, 7) is 3.17. The van der Waals surface area contributed by atoms with Crippen LogP contribution in [0, 0.1) is 13.8 Å². The van der Waals surface area contributed by atoms with Gasteiger partial charge in [0, 0.05) is 5.56 Å². The molecule has 156 valence electrons. The molecule has 0 aliphatic carbocycles. The maximum Gasteiger partial charge on any atom is 0.416 e. The van der Waals surface area contributed by atoms with Crippen LogP contribution in [0.3, 0.4) is 0 Å². The average Bonchev–Trinajstić information content (AvgIpc) is 2.99. The van der Waals surface area contributed by atoms with E-state index in [1.165, 1.54) is 6.07 Å². The van der Waals surface area contributed by atoms with Gasteiger partial charge in [0.25, 0.3) is 0 Å². The van der Waals surface area contributed by atoms with Crippen molar-refractivity contribution in [2.75, 3.05) is 6.61 Å². The Kier molecular flexibility index (Phi) is 6.05. The number of alkyl halides is 3. The van der Waals surface area contributed by atoms with Gasteiger partial charge in [-0.1, -0.05) is 42.5 Å². The Balaban J connectivity index is 1.70. The Labute approximate surface area is 171 Å². The molecule has 0 atom stereocenters. The largest absolute Gasteiger partial charge is 0.454 e. The summed E-state index contributed by atoms with van der Waals surface area (Å²) in [6, 6.07) is 13.6. The molecule has 30 heavy (non-hydrogen) atoms. The molecular formula is C22H19F3N2O3. The highest BCUT2D eigenvalue weighted by molar-refractivity contribution is 6.00. The summed E-state index contributed by atoms with van der Waals surface area (Å²) in [4.78, 5) is 24.7. The maximum absolute atomic E-state index is 12.8. The molecule has 0 saturated carbocycles. The second-order valence-corrected chi connectivity index (χ2v) is 6.77. The molecule has 0 unspecified atom stereocenters. The molecule has 1 aromatic heterocycles. The number of aryl methyl sites for hydroxylation is 1. The lowest BCUT2D eigenvalue weighted by Crippen LogP contribution is -2.16. The number of rotatable bonds is 6. The van der Waals surface area contributed by atoms with Crippen molar-refractivity contribution in [3.05, 3.63) is 88.2 Å². The Morgan fingerprint density at radius 1 is 1.03 bits per heavy atom. The fourth-order valence-corrected chi connectivity index (χ4v) is 3.06.